The number of thiazole rings is 1. The molecular weight excluding hydrogens is 456 g/mol. The van der Waals surface area contributed by atoms with Crippen LogP contribution < -0.4 is 10.1 Å². The van der Waals surface area contributed by atoms with E-state index in [0.717, 1.165) is 33.7 Å². The summed E-state index contributed by atoms with van der Waals surface area (Å²) >= 11 is 1.43. The van der Waals surface area contributed by atoms with Crippen LogP contribution in [0.5, 0.6) is 5.75 Å². The molecule has 1 aromatic heterocycles. The lowest BCUT2D eigenvalue weighted by atomic mass is 9.70. The van der Waals surface area contributed by atoms with Gasteiger partial charge in [-0.25, -0.2) is 4.98 Å². The molecule has 0 aliphatic carbocycles. The summed E-state index contributed by atoms with van der Waals surface area (Å²) < 4.78 is 5.22. The first-order chi connectivity index (χ1) is 16.9. The number of methoxy groups -OCH3 is 1. The van der Waals surface area contributed by atoms with Crippen LogP contribution in [0.3, 0.4) is 0 Å². The number of amides is 1. The molecule has 0 aliphatic rings. The number of aliphatic hydroxyl groups is 1. The van der Waals surface area contributed by atoms with Crippen LogP contribution in [-0.2, 0) is 17.8 Å². The van der Waals surface area contributed by atoms with Crippen molar-refractivity contribution in [3.8, 4) is 5.75 Å². The standard InChI is InChI=1S/C29H30N2O3S/c1-29(2,26(22-7-5-4-6-8-22)23-13-9-21(18-32)10-14-23)27(33)31-28-30-24(19-35-28)17-20-11-15-25(34-3)16-12-20/h4-16,19,26,32H,17-18H2,1-3H3,(H,30,31,33). The number of carbonyl (C=O) groups is 1. The predicted molar refractivity (Wildman–Crippen MR) is 141 cm³/mol. The molecular formula is C29H30N2O3S. The maximum Gasteiger partial charge on any atom is 0.232 e. The Morgan fingerprint density at radius 1 is 0.971 bits per heavy atom. The number of ether oxygens (including phenoxy) is 1. The Hall–Kier alpha value is -3.48. The van der Waals surface area contributed by atoms with Gasteiger partial charge >= 0.3 is 0 Å². The van der Waals surface area contributed by atoms with Gasteiger partial charge in [-0.1, -0.05) is 80.6 Å². The fraction of sp³-hybridized carbons (Fsp3) is 0.241. The van der Waals surface area contributed by atoms with Crippen molar-refractivity contribution in [3.05, 3.63) is 112 Å². The van der Waals surface area contributed by atoms with Crippen molar-refractivity contribution < 1.29 is 14.6 Å². The SMILES string of the molecule is COc1ccc(Cc2csc(NC(=O)C(C)(C)C(c3ccccc3)c3ccc(CO)cc3)n2)cc1. The third kappa shape index (κ3) is 5.78. The first-order valence-corrected chi connectivity index (χ1v) is 12.4. The van der Waals surface area contributed by atoms with E-state index >= 15 is 0 Å². The Morgan fingerprint density at radius 2 is 1.60 bits per heavy atom. The Morgan fingerprint density at radius 3 is 2.23 bits per heavy atom. The van der Waals surface area contributed by atoms with E-state index in [4.69, 9.17) is 4.74 Å². The largest absolute Gasteiger partial charge is 0.497 e. The second-order valence-electron chi connectivity index (χ2n) is 9.09. The lowest BCUT2D eigenvalue weighted by molar-refractivity contribution is -0.124. The number of hydrogen-bond donors (Lipinski definition) is 2. The highest BCUT2D eigenvalue weighted by atomic mass is 32.1. The molecule has 1 amide bonds. The molecule has 1 heterocycles. The first kappa shape index (κ1) is 24.6. The minimum atomic E-state index is -0.760. The molecule has 1 atom stereocenters. The molecule has 4 aromatic rings. The fourth-order valence-corrected chi connectivity index (χ4v) is 4.98. The van der Waals surface area contributed by atoms with Crippen molar-refractivity contribution in [3.63, 3.8) is 0 Å². The average Bonchev–Trinajstić information content (AvgIpc) is 3.32. The van der Waals surface area contributed by atoms with Gasteiger partial charge in [0, 0.05) is 17.7 Å². The molecule has 0 aliphatic heterocycles. The summed E-state index contributed by atoms with van der Waals surface area (Å²) in [7, 11) is 1.65. The summed E-state index contributed by atoms with van der Waals surface area (Å²) in [5.41, 5.74) is 4.20. The molecule has 0 saturated heterocycles. The van der Waals surface area contributed by atoms with Crippen molar-refractivity contribution in [1.82, 2.24) is 4.98 Å². The van der Waals surface area contributed by atoms with Crippen LogP contribution in [-0.4, -0.2) is 23.1 Å². The number of aliphatic hydroxyl groups excluding tert-OH is 1. The van der Waals surface area contributed by atoms with E-state index in [9.17, 15) is 9.90 Å². The highest BCUT2D eigenvalue weighted by Gasteiger charge is 2.39. The number of hydrogen-bond acceptors (Lipinski definition) is 5. The van der Waals surface area contributed by atoms with Crippen LogP contribution in [0.15, 0.2) is 84.2 Å². The van der Waals surface area contributed by atoms with E-state index in [1.165, 1.54) is 11.3 Å². The van der Waals surface area contributed by atoms with Crippen molar-refractivity contribution in [2.75, 3.05) is 12.4 Å². The molecule has 0 spiro atoms. The van der Waals surface area contributed by atoms with E-state index in [0.29, 0.717) is 11.6 Å². The molecule has 0 radical (unpaired) electrons. The second-order valence-corrected chi connectivity index (χ2v) is 9.95. The molecule has 6 heteroatoms. The van der Waals surface area contributed by atoms with Crippen molar-refractivity contribution in [2.45, 2.75) is 32.8 Å². The van der Waals surface area contributed by atoms with Gasteiger partial charge in [0.05, 0.1) is 24.8 Å². The van der Waals surface area contributed by atoms with Crippen LogP contribution in [0.2, 0.25) is 0 Å². The van der Waals surface area contributed by atoms with E-state index in [1.54, 1.807) is 7.11 Å². The smallest absolute Gasteiger partial charge is 0.232 e. The summed E-state index contributed by atoms with van der Waals surface area (Å²) in [4.78, 5) is 18.2. The monoisotopic (exact) mass is 486 g/mol. The molecule has 0 fully saturated rings. The molecule has 5 nitrogen and oxygen atoms in total. The molecule has 0 saturated carbocycles. The zero-order valence-electron chi connectivity index (χ0n) is 20.2. The minimum Gasteiger partial charge on any atom is -0.497 e. The molecule has 0 bridgehead atoms. The third-order valence-corrected chi connectivity index (χ3v) is 7.06. The molecule has 2 N–H and O–H groups in total. The third-order valence-electron chi connectivity index (χ3n) is 6.25. The van der Waals surface area contributed by atoms with Gasteiger partial charge in [0.15, 0.2) is 5.13 Å². The predicted octanol–water partition coefficient (Wildman–Crippen LogP) is 6.03. The van der Waals surface area contributed by atoms with Crippen LogP contribution in [0.1, 0.15) is 47.7 Å². The lowest BCUT2D eigenvalue weighted by Gasteiger charge is -2.34. The van der Waals surface area contributed by atoms with Crippen molar-refractivity contribution in [1.29, 1.82) is 0 Å². The number of carbonyl (C=O) groups excluding carboxylic acids is 1. The van der Waals surface area contributed by atoms with E-state index in [2.05, 4.69) is 22.4 Å². The fourth-order valence-electron chi connectivity index (χ4n) is 4.27. The zero-order chi connectivity index (χ0) is 24.8. The summed E-state index contributed by atoms with van der Waals surface area (Å²) in [5.74, 6) is 0.555. The number of aromatic nitrogens is 1. The van der Waals surface area contributed by atoms with Crippen LogP contribution in [0.25, 0.3) is 0 Å². The summed E-state index contributed by atoms with van der Waals surface area (Å²) in [5, 5.41) is 15.1. The quantitative estimate of drug-likeness (QED) is 0.303. The van der Waals surface area contributed by atoms with Crippen LogP contribution >= 0.6 is 11.3 Å². The summed E-state index contributed by atoms with van der Waals surface area (Å²) in [6.45, 7) is 3.92. The van der Waals surface area contributed by atoms with E-state index in [-0.39, 0.29) is 18.4 Å². The highest BCUT2D eigenvalue weighted by Crippen LogP contribution is 2.42. The van der Waals surface area contributed by atoms with Gasteiger partial charge in [-0.15, -0.1) is 11.3 Å². The van der Waals surface area contributed by atoms with Gasteiger partial charge in [0.1, 0.15) is 5.75 Å². The Labute approximate surface area is 210 Å². The molecule has 180 valence electrons. The number of benzene rings is 3. The van der Waals surface area contributed by atoms with Gasteiger partial charge < -0.3 is 15.2 Å². The molecule has 35 heavy (non-hydrogen) atoms. The highest BCUT2D eigenvalue weighted by molar-refractivity contribution is 7.13. The van der Waals surface area contributed by atoms with Crippen LogP contribution in [0.4, 0.5) is 5.13 Å². The molecule has 4 rings (SSSR count). The van der Waals surface area contributed by atoms with Gasteiger partial charge in [0.25, 0.3) is 0 Å². The van der Waals surface area contributed by atoms with Crippen molar-refractivity contribution in [2.24, 2.45) is 5.41 Å². The van der Waals surface area contributed by atoms with Gasteiger partial charge in [-0.05, 0) is 34.4 Å². The summed E-state index contributed by atoms with van der Waals surface area (Å²) in [6, 6.07) is 25.8. The first-order valence-electron chi connectivity index (χ1n) is 11.5. The Bertz CT molecular complexity index is 1250. The Kier molecular flexibility index (Phi) is 7.63. The number of anilines is 1. The zero-order valence-corrected chi connectivity index (χ0v) is 21.0. The molecule has 1 unspecified atom stereocenters. The number of rotatable bonds is 9. The summed E-state index contributed by atoms with van der Waals surface area (Å²) in [6.07, 6.45) is 0.684. The maximum atomic E-state index is 13.6. The topological polar surface area (TPSA) is 71.5 Å². The van der Waals surface area contributed by atoms with Gasteiger partial charge in [-0.3, -0.25) is 4.79 Å². The van der Waals surface area contributed by atoms with Crippen molar-refractivity contribution >= 4 is 22.4 Å². The average molecular weight is 487 g/mol. The van der Waals surface area contributed by atoms with E-state index in [1.807, 2.05) is 86.0 Å². The number of nitrogens with one attached hydrogen (secondary N) is 1. The van der Waals surface area contributed by atoms with Gasteiger partial charge in [-0.2, -0.15) is 0 Å². The molecule has 3 aromatic carbocycles. The van der Waals surface area contributed by atoms with Gasteiger partial charge in [0.2, 0.25) is 5.91 Å². The van der Waals surface area contributed by atoms with Crippen LogP contribution in [0, 0.1) is 5.41 Å². The maximum absolute atomic E-state index is 13.6. The Balaban J connectivity index is 1.54. The normalized spacial score (nSPS) is 12.2. The lowest BCUT2D eigenvalue weighted by Crippen LogP contribution is -2.37. The minimum absolute atomic E-state index is 0.0108. The second kappa shape index (κ2) is 10.8. The number of nitrogens with zero attached hydrogens (tertiary/aromatic N) is 1. The van der Waals surface area contributed by atoms with E-state index < -0.39 is 5.41 Å².